The average molecular weight is 283 g/mol. The second-order valence-corrected chi connectivity index (χ2v) is 5.04. The molecule has 0 atom stereocenters. The molecule has 0 spiro atoms. The van der Waals surface area contributed by atoms with Gasteiger partial charge in [0, 0.05) is 11.1 Å². The van der Waals surface area contributed by atoms with E-state index >= 15 is 0 Å². The number of halogens is 2. The molecular formula is C13H16ClFN4. The fraction of sp³-hybridized carbons (Fsp3) is 0.385. The Morgan fingerprint density at radius 1 is 1.42 bits per heavy atom. The molecule has 0 saturated heterocycles. The third-order valence-corrected chi connectivity index (χ3v) is 2.95. The SMILES string of the molecule is CC(C)NCc1ncn(Cc2ccc(F)cc2Cl)n1. The second-order valence-electron chi connectivity index (χ2n) is 4.63. The van der Waals surface area contributed by atoms with E-state index in [4.69, 9.17) is 11.6 Å². The van der Waals surface area contributed by atoms with Gasteiger partial charge in [-0.2, -0.15) is 5.10 Å². The number of aromatic nitrogens is 3. The Bertz CT molecular complexity index is 553. The molecule has 4 nitrogen and oxygen atoms in total. The van der Waals surface area contributed by atoms with Crippen LogP contribution in [0.4, 0.5) is 4.39 Å². The summed E-state index contributed by atoms with van der Waals surface area (Å²) in [5, 5.41) is 7.98. The van der Waals surface area contributed by atoms with Crippen LogP contribution < -0.4 is 5.32 Å². The van der Waals surface area contributed by atoms with Crippen molar-refractivity contribution < 1.29 is 4.39 Å². The molecule has 6 heteroatoms. The molecule has 0 amide bonds. The Morgan fingerprint density at radius 3 is 2.89 bits per heavy atom. The van der Waals surface area contributed by atoms with Crippen molar-refractivity contribution in [1.29, 1.82) is 0 Å². The third kappa shape index (κ3) is 4.01. The highest BCUT2D eigenvalue weighted by Gasteiger charge is 2.06. The van der Waals surface area contributed by atoms with Gasteiger partial charge in [0.25, 0.3) is 0 Å². The molecule has 19 heavy (non-hydrogen) atoms. The van der Waals surface area contributed by atoms with Gasteiger partial charge in [0.05, 0.1) is 13.1 Å². The van der Waals surface area contributed by atoms with Crippen LogP contribution in [0.25, 0.3) is 0 Å². The predicted molar refractivity (Wildman–Crippen MR) is 72.5 cm³/mol. The van der Waals surface area contributed by atoms with Crippen LogP contribution in [0.1, 0.15) is 25.2 Å². The lowest BCUT2D eigenvalue weighted by molar-refractivity contribution is 0.565. The molecule has 1 heterocycles. The molecule has 1 N–H and O–H groups in total. The monoisotopic (exact) mass is 282 g/mol. The number of rotatable bonds is 5. The van der Waals surface area contributed by atoms with Gasteiger partial charge in [0.1, 0.15) is 12.1 Å². The quantitative estimate of drug-likeness (QED) is 0.917. The van der Waals surface area contributed by atoms with Crippen LogP contribution in [-0.2, 0) is 13.1 Å². The summed E-state index contributed by atoms with van der Waals surface area (Å²) < 4.78 is 14.6. The largest absolute Gasteiger partial charge is 0.308 e. The molecule has 2 rings (SSSR count). The van der Waals surface area contributed by atoms with Crippen LogP contribution >= 0.6 is 11.6 Å². The third-order valence-electron chi connectivity index (χ3n) is 2.60. The number of nitrogens with one attached hydrogen (secondary N) is 1. The minimum atomic E-state index is -0.339. The van der Waals surface area contributed by atoms with E-state index in [0.717, 1.165) is 11.4 Å². The summed E-state index contributed by atoms with van der Waals surface area (Å²) in [5.41, 5.74) is 0.816. The summed E-state index contributed by atoms with van der Waals surface area (Å²) in [5.74, 6) is 0.390. The topological polar surface area (TPSA) is 42.7 Å². The standard InChI is InChI=1S/C13H16ClFN4/c1-9(2)16-6-13-17-8-19(18-13)7-10-3-4-11(15)5-12(10)14/h3-5,8-9,16H,6-7H2,1-2H3. The second kappa shape index (κ2) is 6.12. The van der Waals surface area contributed by atoms with E-state index in [2.05, 4.69) is 29.2 Å². The smallest absolute Gasteiger partial charge is 0.164 e. The molecule has 0 radical (unpaired) electrons. The number of benzene rings is 1. The molecule has 0 fully saturated rings. The zero-order valence-corrected chi connectivity index (χ0v) is 11.7. The first-order valence-corrected chi connectivity index (χ1v) is 6.48. The van der Waals surface area contributed by atoms with Crippen LogP contribution in [0, 0.1) is 5.82 Å². The van der Waals surface area contributed by atoms with Gasteiger partial charge < -0.3 is 5.32 Å². The Morgan fingerprint density at radius 2 is 2.21 bits per heavy atom. The van der Waals surface area contributed by atoms with Crippen molar-refractivity contribution in [3.63, 3.8) is 0 Å². The van der Waals surface area contributed by atoms with E-state index in [9.17, 15) is 4.39 Å². The molecule has 1 aromatic carbocycles. The van der Waals surface area contributed by atoms with Gasteiger partial charge in [-0.25, -0.2) is 14.1 Å². The fourth-order valence-corrected chi connectivity index (χ4v) is 1.84. The predicted octanol–water partition coefficient (Wildman–Crippen LogP) is 2.62. The highest BCUT2D eigenvalue weighted by atomic mass is 35.5. The van der Waals surface area contributed by atoms with Crippen molar-refractivity contribution in [3.8, 4) is 0 Å². The van der Waals surface area contributed by atoms with Gasteiger partial charge in [-0.1, -0.05) is 31.5 Å². The molecule has 0 aliphatic rings. The van der Waals surface area contributed by atoms with Crippen molar-refractivity contribution in [3.05, 3.63) is 46.8 Å². The Labute approximate surface area is 116 Å². The highest BCUT2D eigenvalue weighted by Crippen LogP contribution is 2.17. The minimum absolute atomic E-state index is 0.339. The van der Waals surface area contributed by atoms with Gasteiger partial charge in [-0.3, -0.25) is 0 Å². The molecule has 0 unspecified atom stereocenters. The van der Waals surface area contributed by atoms with Crippen LogP contribution in [0.15, 0.2) is 24.5 Å². The summed E-state index contributed by atoms with van der Waals surface area (Å²) >= 11 is 5.98. The molecule has 0 bridgehead atoms. The summed E-state index contributed by atoms with van der Waals surface area (Å²) in [4.78, 5) is 4.20. The van der Waals surface area contributed by atoms with Gasteiger partial charge in [-0.05, 0) is 17.7 Å². The summed E-state index contributed by atoms with van der Waals surface area (Å²) in [6.07, 6.45) is 1.65. The van der Waals surface area contributed by atoms with Crippen molar-refractivity contribution in [2.75, 3.05) is 0 Å². The maximum Gasteiger partial charge on any atom is 0.164 e. The molecule has 0 saturated carbocycles. The first-order valence-electron chi connectivity index (χ1n) is 6.10. The van der Waals surface area contributed by atoms with Gasteiger partial charge >= 0.3 is 0 Å². The Hall–Kier alpha value is -1.46. The van der Waals surface area contributed by atoms with Crippen LogP contribution in [-0.4, -0.2) is 20.8 Å². The van der Waals surface area contributed by atoms with Crippen molar-refractivity contribution >= 4 is 11.6 Å². The summed E-state index contributed by atoms with van der Waals surface area (Å²) in [6.45, 7) is 5.24. The summed E-state index contributed by atoms with van der Waals surface area (Å²) in [7, 11) is 0. The summed E-state index contributed by atoms with van der Waals surface area (Å²) in [6, 6.07) is 4.73. The lowest BCUT2D eigenvalue weighted by Gasteiger charge is -2.05. The number of hydrogen-bond acceptors (Lipinski definition) is 3. The zero-order valence-electron chi connectivity index (χ0n) is 10.9. The van der Waals surface area contributed by atoms with Crippen LogP contribution in [0.3, 0.4) is 0 Å². The number of nitrogens with zero attached hydrogens (tertiary/aromatic N) is 3. The molecular weight excluding hydrogens is 267 g/mol. The molecule has 0 aliphatic heterocycles. The first kappa shape index (κ1) is 14.0. The molecule has 1 aromatic heterocycles. The molecule has 0 aliphatic carbocycles. The normalized spacial score (nSPS) is 11.2. The van der Waals surface area contributed by atoms with Crippen molar-refractivity contribution in [1.82, 2.24) is 20.1 Å². The average Bonchev–Trinajstić information content (AvgIpc) is 2.78. The fourth-order valence-electron chi connectivity index (χ4n) is 1.61. The Kier molecular flexibility index (Phi) is 4.50. The first-order chi connectivity index (χ1) is 9.04. The lowest BCUT2D eigenvalue weighted by Crippen LogP contribution is -2.22. The zero-order chi connectivity index (χ0) is 13.8. The van der Waals surface area contributed by atoms with E-state index in [-0.39, 0.29) is 5.82 Å². The molecule has 2 aromatic rings. The maximum absolute atomic E-state index is 12.9. The van der Waals surface area contributed by atoms with Crippen LogP contribution in [0.2, 0.25) is 5.02 Å². The van der Waals surface area contributed by atoms with E-state index < -0.39 is 0 Å². The van der Waals surface area contributed by atoms with Gasteiger partial charge in [0.2, 0.25) is 0 Å². The van der Waals surface area contributed by atoms with E-state index in [0.29, 0.717) is 24.2 Å². The maximum atomic E-state index is 12.9. The lowest BCUT2D eigenvalue weighted by atomic mass is 10.2. The van der Waals surface area contributed by atoms with E-state index in [1.165, 1.54) is 12.1 Å². The van der Waals surface area contributed by atoms with Crippen molar-refractivity contribution in [2.45, 2.75) is 33.0 Å². The van der Waals surface area contributed by atoms with E-state index in [1.54, 1.807) is 17.1 Å². The van der Waals surface area contributed by atoms with Gasteiger partial charge in [-0.15, -0.1) is 0 Å². The molecule has 102 valence electrons. The minimum Gasteiger partial charge on any atom is -0.308 e. The Balaban J connectivity index is 2.03. The van der Waals surface area contributed by atoms with E-state index in [1.807, 2.05) is 0 Å². The highest BCUT2D eigenvalue weighted by molar-refractivity contribution is 6.31. The van der Waals surface area contributed by atoms with Crippen LogP contribution in [0.5, 0.6) is 0 Å². The number of hydrogen-bond donors (Lipinski definition) is 1. The van der Waals surface area contributed by atoms with Gasteiger partial charge in [0.15, 0.2) is 5.82 Å². The van der Waals surface area contributed by atoms with Crippen molar-refractivity contribution in [2.24, 2.45) is 0 Å².